The van der Waals surface area contributed by atoms with Crippen molar-refractivity contribution in [1.29, 1.82) is 0 Å². The molecule has 1 saturated carbocycles. The van der Waals surface area contributed by atoms with Crippen molar-refractivity contribution in [3.8, 4) is 0 Å². The second-order valence-corrected chi connectivity index (χ2v) is 6.24. The first-order chi connectivity index (χ1) is 8.81. The maximum absolute atomic E-state index is 12.3. The van der Waals surface area contributed by atoms with Gasteiger partial charge in [0.2, 0.25) is 5.91 Å². The van der Waals surface area contributed by atoms with Gasteiger partial charge in [-0.25, -0.2) is 0 Å². The van der Waals surface area contributed by atoms with E-state index in [1.165, 1.54) is 57.8 Å². The first-order valence-electron chi connectivity index (χ1n) is 8.09. The number of unbranched alkanes of at least 4 members (excludes halogenated alkanes) is 3. The normalized spacial score (nSPS) is 28.9. The fourth-order valence-corrected chi connectivity index (χ4v) is 3.70. The van der Waals surface area contributed by atoms with Gasteiger partial charge in [0.15, 0.2) is 0 Å². The lowest BCUT2D eigenvalue weighted by molar-refractivity contribution is -0.131. The monoisotopic (exact) mass is 251 g/mol. The third kappa shape index (κ3) is 3.73. The Morgan fingerprint density at radius 3 is 2.61 bits per heavy atom. The zero-order chi connectivity index (χ0) is 12.8. The summed E-state index contributed by atoms with van der Waals surface area (Å²) < 4.78 is 0. The van der Waals surface area contributed by atoms with E-state index in [1.807, 2.05) is 0 Å². The molecule has 1 saturated heterocycles. The molecule has 18 heavy (non-hydrogen) atoms. The van der Waals surface area contributed by atoms with E-state index in [0.717, 1.165) is 25.4 Å². The van der Waals surface area contributed by atoms with Crippen molar-refractivity contribution in [1.82, 2.24) is 4.90 Å². The van der Waals surface area contributed by atoms with Crippen molar-refractivity contribution < 1.29 is 4.79 Å². The molecule has 104 valence electrons. The lowest BCUT2D eigenvalue weighted by Gasteiger charge is -2.28. The minimum Gasteiger partial charge on any atom is -0.343 e. The number of hydrogen-bond donors (Lipinski definition) is 0. The van der Waals surface area contributed by atoms with Gasteiger partial charge in [-0.05, 0) is 31.1 Å². The quantitative estimate of drug-likeness (QED) is 0.676. The fraction of sp³-hybridized carbons (Fsp3) is 0.938. The van der Waals surface area contributed by atoms with Crippen molar-refractivity contribution in [2.45, 2.75) is 71.1 Å². The summed E-state index contributed by atoms with van der Waals surface area (Å²) in [6.07, 6.45) is 12.6. The van der Waals surface area contributed by atoms with E-state index in [1.54, 1.807) is 0 Å². The zero-order valence-electron chi connectivity index (χ0n) is 12.0. The zero-order valence-corrected chi connectivity index (χ0v) is 12.0. The average Bonchev–Trinajstić information content (AvgIpc) is 2.54. The molecule has 2 aliphatic rings. The number of amides is 1. The standard InChI is InChI=1S/C16H29NO/c1-2-3-4-7-11-17-12-10-14-8-5-6-9-15(14)13-16(17)18/h14-15H,2-13H2,1H3/t14-,15+/m1/s1. The second kappa shape index (κ2) is 7.16. The highest BCUT2D eigenvalue weighted by atomic mass is 16.2. The topological polar surface area (TPSA) is 20.3 Å². The minimum absolute atomic E-state index is 0.445. The third-order valence-corrected chi connectivity index (χ3v) is 4.91. The van der Waals surface area contributed by atoms with Crippen LogP contribution in [0.5, 0.6) is 0 Å². The Balaban J connectivity index is 1.79. The molecular formula is C16H29NO. The van der Waals surface area contributed by atoms with Crippen molar-refractivity contribution in [3.63, 3.8) is 0 Å². The summed E-state index contributed by atoms with van der Waals surface area (Å²) in [4.78, 5) is 14.4. The first kappa shape index (κ1) is 13.9. The molecule has 2 nitrogen and oxygen atoms in total. The van der Waals surface area contributed by atoms with Gasteiger partial charge in [0.1, 0.15) is 0 Å². The minimum atomic E-state index is 0.445. The average molecular weight is 251 g/mol. The fourth-order valence-electron chi connectivity index (χ4n) is 3.70. The Bertz CT molecular complexity index is 264. The maximum atomic E-state index is 12.3. The molecule has 0 N–H and O–H groups in total. The Morgan fingerprint density at radius 1 is 1.06 bits per heavy atom. The third-order valence-electron chi connectivity index (χ3n) is 4.91. The van der Waals surface area contributed by atoms with Gasteiger partial charge in [0.05, 0.1) is 0 Å². The van der Waals surface area contributed by atoms with Crippen LogP contribution in [-0.2, 0) is 4.79 Å². The molecule has 0 aromatic carbocycles. The molecule has 0 unspecified atom stereocenters. The Morgan fingerprint density at radius 2 is 1.83 bits per heavy atom. The van der Waals surface area contributed by atoms with E-state index < -0.39 is 0 Å². The van der Waals surface area contributed by atoms with Crippen LogP contribution < -0.4 is 0 Å². The largest absolute Gasteiger partial charge is 0.343 e. The molecule has 2 fully saturated rings. The lowest BCUT2D eigenvalue weighted by Crippen LogP contribution is -2.31. The summed E-state index contributed by atoms with van der Waals surface area (Å²) >= 11 is 0. The summed E-state index contributed by atoms with van der Waals surface area (Å²) in [6, 6.07) is 0. The van der Waals surface area contributed by atoms with Crippen LogP contribution in [0.15, 0.2) is 0 Å². The molecule has 0 radical (unpaired) electrons. The Kier molecular flexibility index (Phi) is 5.52. The van der Waals surface area contributed by atoms with Crippen LogP contribution in [0, 0.1) is 11.8 Å². The van der Waals surface area contributed by atoms with E-state index in [0.29, 0.717) is 11.8 Å². The van der Waals surface area contributed by atoms with E-state index >= 15 is 0 Å². The summed E-state index contributed by atoms with van der Waals surface area (Å²) in [6.45, 7) is 4.28. The first-order valence-corrected chi connectivity index (χ1v) is 8.09. The van der Waals surface area contributed by atoms with Crippen LogP contribution in [0.25, 0.3) is 0 Å². The van der Waals surface area contributed by atoms with Gasteiger partial charge in [-0.2, -0.15) is 0 Å². The number of hydrogen-bond acceptors (Lipinski definition) is 1. The van der Waals surface area contributed by atoms with Crippen LogP contribution in [-0.4, -0.2) is 23.9 Å². The van der Waals surface area contributed by atoms with Gasteiger partial charge in [-0.3, -0.25) is 4.79 Å². The summed E-state index contributed by atoms with van der Waals surface area (Å²) in [5.74, 6) is 2.01. The van der Waals surface area contributed by atoms with Crippen molar-refractivity contribution >= 4 is 5.91 Å². The lowest BCUT2D eigenvalue weighted by atomic mass is 9.76. The van der Waals surface area contributed by atoms with E-state index in [9.17, 15) is 4.79 Å². The predicted octanol–water partition coefficient (Wildman–Crippen LogP) is 4.00. The Labute approximate surface area is 112 Å². The van der Waals surface area contributed by atoms with Crippen LogP contribution in [0.4, 0.5) is 0 Å². The van der Waals surface area contributed by atoms with Gasteiger partial charge in [0.25, 0.3) is 0 Å². The summed E-state index contributed by atoms with van der Waals surface area (Å²) in [5.41, 5.74) is 0. The molecule has 2 rings (SSSR count). The molecule has 0 aromatic rings. The van der Waals surface area contributed by atoms with Gasteiger partial charge < -0.3 is 4.90 Å². The number of fused-ring (bicyclic) bond motifs is 1. The van der Waals surface area contributed by atoms with Gasteiger partial charge >= 0.3 is 0 Å². The summed E-state index contributed by atoms with van der Waals surface area (Å²) in [7, 11) is 0. The van der Waals surface area contributed by atoms with Crippen molar-refractivity contribution in [2.75, 3.05) is 13.1 Å². The molecular weight excluding hydrogens is 222 g/mol. The van der Waals surface area contributed by atoms with Crippen molar-refractivity contribution in [2.24, 2.45) is 11.8 Å². The molecule has 0 spiro atoms. The highest BCUT2D eigenvalue weighted by Gasteiger charge is 2.31. The molecule has 0 aromatic heterocycles. The van der Waals surface area contributed by atoms with Gasteiger partial charge in [-0.1, -0.05) is 45.4 Å². The molecule has 1 aliphatic heterocycles. The van der Waals surface area contributed by atoms with Gasteiger partial charge in [-0.15, -0.1) is 0 Å². The summed E-state index contributed by atoms with van der Waals surface area (Å²) in [5, 5.41) is 0. The highest BCUT2D eigenvalue weighted by molar-refractivity contribution is 5.76. The number of carbonyl (C=O) groups is 1. The predicted molar refractivity (Wildman–Crippen MR) is 75.4 cm³/mol. The molecule has 1 amide bonds. The molecule has 0 bridgehead atoms. The van der Waals surface area contributed by atoms with E-state index in [4.69, 9.17) is 0 Å². The van der Waals surface area contributed by atoms with Gasteiger partial charge in [0, 0.05) is 19.5 Å². The number of nitrogens with zero attached hydrogens (tertiary/aromatic N) is 1. The second-order valence-electron chi connectivity index (χ2n) is 6.24. The van der Waals surface area contributed by atoms with E-state index in [-0.39, 0.29) is 0 Å². The smallest absolute Gasteiger partial charge is 0.222 e. The maximum Gasteiger partial charge on any atom is 0.222 e. The number of rotatable bonds is 5. The molecule has 2 atom stereocenters. The molecule has 1 heterocycles. The SMILES string of the molecule is CCCCCCN1CC[C@H]2CCCC[C@H]2CC1=O. The molecule has 2 heteroatoms. The van der Waals surface area contributed by atoms with Crippen LogP contribution in [0.1, 0.15) is 71.1 Å². The van der Waals surface area contributed by atoms with Crippen molar-refractivity contribution in [3.05, 3.63) is 0 Å². The number of likely N-dealkylation sites (tertiary alicyclic amines) is 1. The van der Waals surface area contributed by atoms with Crippen LogP contribution in [0.2, 0.25) is 0 Å². The molecule has 1 aliphatic carbocycles. The van der Waals surface area contributed by atoms with Crippen LogP contribution in [0.3, 0.4) is 0 Å². The number of carbonyl (C=O) groups excluding carboxylic acids is 1. The van der Waals surface area contributed by atoms with E-state index in [2.05, 4.69) is 11.8 Å². The Hall–Kier alpha value is -0.530. The highest BCUT2D eigenvalue weighted by Crippen LogP contribution is 2.36. The van der Waals surface area contributed by atoms with Crippen LogP contribution >= 0.6 is 0 Å².